The standard InChI is InChI=1S/C25H27N3O6S/c1-16(24(30)31)34-20-9-4-17(14-21(20)32-3)15-22-23(29)27(2)25(35-22)26-18-5-7-19(8-6-18)28-10-12-33-13-11-28/h4-9,14-16H,10-13H2,1-3H3,(H,30,31)/b22-15-,26-25?/t16-/m1/s1. The second-order valence-electron chi connectivity index (χ2n) is 7.99. The average molecular weight is 498 g/mol. The third-order valence-corrected chi connectivity index (χ3v) is 6.65. The summed E-state index contributed by atoms with van der Waals surface area (Å²) in [7, 11) is 3.17. The van der Waals surface area contributed by atoms with Crippen LogP contribution in [0, 0.1) is 0 Å². The number of anilines is 1. The van der Waals surface area contributed by atoms with E-state index >= 15 is 0 Å². The van der Waals surface area contributed by atoms with Crippen molar-refractivity contribution >= 4 is 46.3 Å². The van der Waals surface area contributed by atoms with Gasteiger partial charge in [0.15, 0.2) is 22.8 Å². The van der Waals surface area contributed by atoms with Crippen molar-refractivity contribution in [2.24, 2.45) is 4.99 Å². The molecule has 1 atom stereocenters. The molecular formula is C25H27N3O6S. The van der Waals surface area contributed by atoms with Crippen LogP contribution in [-0.2, 0) is 14.3 Å². The van der Waals surface area contributed by atoms with Gasteiger partial charge in [-0.1, -0.05) is 6.07 Å². The number of ether oxygens (including phenoxy) is 3. The van der Waals surface area contributed by atoms with Crippen LogP contribution < -0.4 is 14.4 Å². The number of likely N-dealkylation sites (N-methyl/N-ethyl adjacent to an activating group) is 1. The molecule has 2 saturated heterocycles. The number of aliphatic carboxylic acids is 1. The molecular weight excluding hydrogens is 470 g/mol. The lowest BCUT2D eigenvalue weighted by Gasteiger charge is -2.28. The van der Waals surface area contributed by atoms with E-state index in [0.29, 0.717) is 21.6 Å². The summed E-state index contributed by atoms with van der Waals surface area (Å²) in [4.78, 5) is 32.9. The van der Waals surface area contributed by atoms with E-state index in [1.165, 1.54) is 30.7 Å². The minimum absolute atomic E-state index is 0.155. The third kappa shape index (κ3) is 5.77. The molecule has 1 amide bonds. The molecule has 184 valence electrons. The van der Waals surface area contributed by atoms with Crippen LogP contribution in [0.5, 0.6) is 11.5 Å². The highest BCUT2D eigenvalue weighted by Crippen LogP contribution is 2.35. The van der Waals surface area contributed by atoms with Crippen molar-refractivity contribution in [2.45, 2.75) is 13.0 Å². The smallest absolute Gasteiger partial charge is 0.344 e. The number of nitrogens with zero attached hydrogens (tertiary/aromatic N) is 3. The number of aliphatic imine (C=N–C) groups is 1. The van der Waals surface area contributed by atoms with Gasteiger partial charge in [-0.3, -0.25) is 9.69 Å². The lowest BCUT2D eigenvalue weighted by Crippen LogP contribution is -2.36. The lowest BCUT2D eigenvalue weighted by molar-refractivity contribution is -0.144. The van der Waals surface area contributed by atoms with Crippen molar-refractivity contribution < 1.29 is 28.9 Å². The fourth-order valence-electron chi connectivity index (χ4n) is 3.59. The summed E-state index contributed by atoms with van der Waals surface area (Å²) in [6, 6.07) is 13.0. The quantitative estimate of drug-likeness (QED) is 0.579. The fraction of sp³-hybridized carbons (Fsp3) is 0.320. The highest BCUT2D eigenvalue weighted by atomic mass is 32.2. The van der Waals surface area contributed by atoms with Crippen LogP contribution >= 0.6 is 11.8 Å². The van der Waals surface area contributed by atoms with Crippen LogP contribution in [-0.4, -0.2) is 73.6 Å². The van der Waals surface area contributed by atoms with Gasteiger partial charge in [0.25, 0.3) is 5.91 Å². The number of amidine groups is 1. The summed E-state index contributed by atoms with van der Waals surface area (Å²) < 4.78 is 16.2. The Morgan fingerprint density at radius 2 is 1.89 bits per heavy atom. The molecule has 9 nitrogen and oxygen atoms in total. The number of rotatable bonds is 7. The van der Waals surface area contributed by atoms with E-state index < -0.39 is 12.1 Å². The molecule has 2 aromatic carbocycles. The number of benzene rings is 2. The van der Waals surface area contributed by atoms with Gasteiger partial charge in [0.1, 0.15) is 0 Å². The highest BCUT2D eigenvalue weighted by Gasteiger charge is 2.30. The Hall–Kier alpha value is -3.50. The zero-order valence-electron chi connectivity index (χ0n) is 19.8. The van der Waals surface area contributed by atoms with E-state index in [9.17, 15) is 9.59 Å². The molecule has 1 N–H and O–H groups in total. The number of carboxylic acids is 1. The molecule has 2 aliphatic heterocycles. The normalized spacial score (nSPS) is 19.3. The molecule has 0 aliphatic carbocycles. The number of thioether (sulfide) groups is 1. The van der Waals surface area contributed by atoms with Crippen molar-refractivity contribution in [3.05, 3.63) is 52.9 Å². The summed E-state index contributed by atoms with van der Waals surface area (Å²) in [5, 5.41) is 9.66. The maximum absolute atomic E-state index is 12.8. The largest absolute Gasteiger partial charge is 0.493 e. The van der Waals surface area contributed by atoms with Gasteiger partial charge in [-0.25, -0.2) is 9.79 Å². The SMILES string of the molecule is COc1cc(/C=C2\SC(=Nc3ccc(N4CCOCC4)cc3)N(C)C2=O)ccc1O[C@H](C)C(=O)O. The van der Waals surface area contributed by atoms with Crippen molar-refractivity contribution in [1.82, 2.24) is 4.90 Å². The topological polar surface area (TPSA) is 101 Å². The number of morpholine rings is 1. The summed E-state index contributed by atoms with van der Waals surface area (Å²) >= 11 is 1.29. The van der Waals surface area contributed by atoms with Crippen LogP contribution in [0.25, 0.3) is 6.08 Å². The number of methoxy groups -OCH3 is 1. The summed E-state index contributed by atoms with van der Waals surface area (Å²) in [6.07, 6.45) is 0.732. The van der Waals surface area contributed by atoms with Gasteiger partial charge in [-0.05, 0) is 66.7 Å². The molecule has 2 aromatic rings. The van der Waals surface area contributed by atoms with Crippen LogP contribution in [0.3, 0.4) is 0 Å². The molecule has 0 saturated carbocycles. The Balaban J connectivity index is 1.50. The minimum Gasteiger partial charge on any atom is -0.493 e. The number of carboxylic acid groups (broad SMARTS) is 1. The summed E-state index contributed by atoms with van der Waals surface area (Å²) in [5.74, 6) is -0.533. The molecule has 0 aromatic heterocycles. The van der Waals surface area contributed by atoms with Gasteiger partial charge in [-0.15, -0.1) is 0 Å². The number of hydrogen-bond donors (Lipinski definition) is 1. The molecule has 4 rings (SSSR count). The first kappa shape index (κ1) is 24.6. The van der Waals surface area contributed by atoms with Crippen LogP contribution in [0.4, 0.5) is 11.4 Å². The monoisotopic (exact) mass is 497 g/mol. The zero-order valence-corrected chi connectivity index (χ0v) is 20.6. The Bertz CT molecular complexity index is 1160. The molecule has 10 heteroatoms. The third-order valence-electron chi connectivity index (χ3n) is 5.59. The van der Waals surface area contributed by atoms with Gasteiger partial charge < -0.3 is 24.2 Å². The molecule has 2 heterocycles. The van der Waals surface area contributed by atoms with Gasteiger partial charge in [-0.2, -0.15) is 0 Å². The van der Waals surface area contributed by atoms with Crippen molar-refractivity contribution in [2.75, 3.05) is 45.4 Å². The minimum atomic E-state index is -1.07. The van der Waals surface area contributed by atoms with Crippen LogP contribution in [0.2, 0.25) is 0 Å². The Labute approximate surface area is 208 Å². The Morgan fingerprint density at radius 1 is 1.17 bits per heavy atom. The Morgan fingerprint density at radius 3 is 2.54 bits per heavy atom. The number of hydrogen-bond acceptors (Lipinski definition) is 8. The molecule has 0 spiro atoms. The zero-order chi connectivity index (χ0) is 24.9. The van der Waals surface area contributed by atoms with Crippen molar-refractivity contribution in [1.29, 1.82) is 0 Å². The van der Waals surface area contributed by atoms with Crippen LogP contribution in [0.15, 0.2) is 52.4 Å². The molecule has 0 radical (unpaired) electrons. The fourth-order valence-corrected chi connectivity index (χ4v) is 4.57. The van der Waals surface area contributed by atoms with E-state index in [0.717, 1.165) is 43.2 Å². The van der Waals surface area contributed by atoms with E-state index in [4.69, 9.17) is 19.3 Å². The van der Waals surface area contributed by atoms with E-state index in [1.807, 2.05) is 24.3 Å². The van der Waals surface area contributed by atoms with E-state index in [1.54, 1.807) is 31.3 Å². The molecule has 35 heavy (non-hydrogen) atoms. The predicted molar refractivity (Wildman–Crippen MR) is 136 cm³/mol. The molecule has 0 unspecified atom stereocenters. The van der Waals surface area contributed by atoms with Crippen molar-refractivity contribution in [3.63, 3.8) is 0 Å². The maximum atomic E-state index is 12.8. The van der Waals surface area contributed by atoms with Gasteiger partial charge >= 0.3 is 5.97 Å². The highest BCUT2D eigenvalue weighted by molar-refractivity contribution is 8.18. The number of carbonyl (C=O) groups is 2. The first-order valence-corrected chi connectivity index (χ1v) is 11.9. The summed E-state index contributed by atoms with van der Waals surface area (Å²) in [5.41, 5.74) is 2.61. The first-order chi connectivity index (χ1) is 16.9. The number of amides is 1. The van der Waals surface area contributed by atoms with Gasteiger partial charge in [0.2, 0.25) is 0 Å². The van der Waals surface area contributed by atoms with Gasteiger partial charge in [0, 0.05) is 25.8 Å². The second kappa shape index (κ2) is 10.8. The van der Waals surface area contributed by atoms with E-state index in [-0.39, 0.29) is 5.91 Å². The molecule has 2 aliphatic rings. The summed E-state index contributed by atoms with van der Waals surface area (Å²) in [6.45, 7) is 4.63. The lowest BCUT2D eigenvalue weighted by atomic mass is 10.2. The van der Waals surface area contributed by atoms with E-state index in [2.05, 4.69) is 9.89 Å². The maximum Gasteiger partial charge on any atom is 0.344 e. The second-order valence-corrected chi connectivity index (χ2v) is 9.00. The average Bonchev–Trinajstić information content (AvgIpc) is 3.13. The van der Waals surface area contributed by atoms with Gasteiger partial charge in [0.05, 0.1) is 30.9 Å². The predicted octanol–water partition coefficient (Wildman–Crippen LogP) is 3.62. The molecule has 2 fully saturated rings. The molecule has 0 bridgehead atoms. The Kier molecular flexibility index (Phi) is 7.62. The van der Waals surface area contributed by atoms with Crippen molar-refractivity contribution in [3.8, 4) is 11.5 Å². The number of carbonyl (C=O) groups excluding carboxylic acids is 1. The van der Waals surface area contributed by atoms with Crippen LogP contribution in [0.1, 0.15) is 12.5 Å². The first-order valence-electron chi connectivity index (χ1n) is 11.1.